The largest absolute Gasteiger partial charge is 0.381 e. The van der Waals surface area contributed by atoms with Crippen molar-refractivity contribution in [3.05, 3.63) is 0 Å². The zero-order chi connectivity index (χ0) is 16.9. The molecule has 0 saturated carbocycles. The number of ether oxygens (including phenoxy) is 1. The predicted octanol–water partition coefficient (Wildman–Crippen LogP) is 0.674. The third kappa shape index (κ3) is 6.04. The van der Waals surface area contributed by atoms with Crippen LogP contribution in [-0.4, -0.2) is 70.1 Å². The predicted molar refractivity (Wildman–Crippen MR) is 90.0 cm³/mol. The molecule has 0 spiro atoms. The summed E-state index contributed by atoms with van der Waals surface area (Å²) in [6.07, 6.45) is 5.02. The van der Waals surface area contributed by atoms with Crippen LogP contribution in [0.1, 0.15) is 32.6 Å². The van der Waals surface area contributed by atoms with Crippen LogP contribution in [0.15, 0.2) is 0 Å². The smallest absolute Gasteiger partial charge is 0.223 e. The summed E-state index contributed by atoms with van der Waals surface area (Å²) < 4.78 is 28.0. The number of amides is 1. The molecule has 134 valence electrons. The monoisotopic (exact) mass is 346 g/mol. The second kappa shape index (κ2) is 8.44. The molecule has 2 atom stereocenters. The number of hydrogen-bond acceptors (Lipinski definition) is 5. The van der Waals surface area contributed by atoms with Crippen molar-refractivity contribution in [2.24, 2.45) is 11.8 Å². The molecule has 6 nitrogen and oxygen atoms in total. The molecule has 2 unspecified atom stereocenters. The van der Waals surface area contributed by atoms with Gasteiger partial charge in [0.15, 0.2) is 0 Å². The highest BCUT2D eigenvalue weighted by molar-refractivity contribution is 7.90. The van der Waals surface area contributed by atoms with Gasteiger partial charge in [0.2, 0.25) is 5.91 Å². The van der Waals surface area contributed by atoms with Gasteiger partial charge in [0.05, 0.1) is 5.75 Å². The Morgan fingerprint density at radius 1 is 1.26 bits per heavy atom. The van der Waals surface area contributed by atoms with E-state index in [0.29, 0.717) is 25.7 Å². The summed E-state index contributed by atoms with van der Waals surface area (Å²) >= 11 is 0. The van der Waals surface area contributed by atoms with E-state index in [1.807, 2.05) is 0 Å². The van der Waals surface area contributed by atoms with Crippen molar-refractivity contribution in [1.82, 2.24) is 10.2 Å². The molecule has 0 radical (unpaired) electrons. The lowest BCUT2D eigenvalue weighted by molar-refractivity contribution is -0.128. The Labute approximate surface area is 139 Å². The zero-order valence-corrected chi connectivity index (χ0v) is 15.1. The van der Waals surface area contributed by atoms with E-state index >= 15 is 0 Å². The van der Waals surface area contributed by atoms with Crippen LogP contribution in [-0.2, 0) is 19.4 Å². The molecule has 2 aliphatic rings. The van der Waals surface area contributed by atoms with E-state index in [-0.39, 0.29) is 23.6 Å². The number of rotatable bonds is 7. The lowest BCUT2D eigenvalue weighted by Gasteiger charge is -2.25. The van der Waals surface area contributed by atoms with E-state index in [0.717, 1.165) is 38.8 Å². The molecule has 2 rings (SSSR count). The van der Waals surface area contributed by atoms with Gasteiger partial charge in [0.25, 0.3) is 0 Å². The fraction of sp³-hybridized carbons (Fsp3) is 0.938. The maximum atomic E-state index is 12.4. The van der Waals surface area contributed by atoms with Gasteiger partial charge in [-0.3, -0.25) is 9.69 Å². The molecule has 2 fully saturated rings. The first kappa shape index (κ1) is 18.7. The van der Waals surface area contributed by atoms with Crippen LogP contribution >= 0.6 is 0 Å². The summed E-state index contributed by atoms with van der Waals surface area (Å²) in [4.78, 5) is 14.6. The van der Waals surface area contributed by atoms with Crippen LogP contribution in [0.2, 0.25) is 0 Å². The average molecular weight is 346 g/mol. The molecule has 0 aromatic carbocycles. The highest BCUT2D eigenvalue weighted by atomic mass is 32.2. The van der Waals surface area contributed by atoms with Crippen molar-refractivity contribution in [3.63, 3.8) is 0 Å². The minimum atomic E-state index is -2.94. The maximum absolute atomic E-state index is 12.4. The fourth-order valence-electron chi connectivity index (χ4n) is 3.53. The van der Waals surface area contributed by atoms with Crippen LogP contribution in [0, 0.1) is 11.8 Å². The van der Waals surface area contributed by atoms with E-state index in [4.69, 9.17) is 4.74 Å². The Kier molecular flexibility index (Phi) is 6.85. The lowest BCUT2D eigenvalue weighted by atomic mass is 9.95. The third-order valence-electron chi connectivity index (χ3n) is 4.87. The molecule has 1 amide bonds. The van der Waals surface area contributed by atoms with E-state index in [2.05, 4.69) is 17.1 Å². The molecular formula is C16H30N2O4S. The average Bonchev–Trinajstić information content (AvgIpc) is 2.88. The molecule has 2 saturated heterocycles. The van der Waals surface area contributed by atoms with E-state index in [1.165, 1.54) is 6.26 Å². The standard InChI is InChI=1S/C16H30N2O4S/c1-3-4-14-11-18(7-10-23(2,20)21)12-15(14)17-16(19)13-5-8-22-9-6-13/h13-15H,3-12H2,1-2H3,(H,17,19). The first-order chi connectivity index (χ1) is 10.9. The zero-order valence-electron chi connectivity index (χ0n) is 14.3. The second-order valence-corrected chi connectivity index (χ2v) is 9.20. The van der Waals surface area contributed by atoms with Crippen molar-refractivity contribution >= 4 is 15.7 Å². The van der Waals surface area contributed by atoms with Gasteiger partial charge in [-0.2, -0.15) is 0 Å². The van der Waals surface area contributed by atoms with Crippen molar-refractivity contribution in [1.29, 1.82) is 0 Å². The van der Waals surface area contributed by atoms with Crippen LogP contribution in [0.5, 0.6) is 0 Å². The van der Waals surface area contributed by atoms with Crippen LogP contribution < -0.4 is 5.32 Å². The van der Waals surface area contributed by atoms with E-state index in [9.17, 15) is 13.2 Å². The van der Waals surface area contributed by atoms with Crippen LogP contribution in [0.3, 0.4) is 0 Å². The minimum absolute atomic E-state index is 0.0658. The molecule has 7 heteroatoms. The number of carbonyl (C=O) groups excluding carboxylic acids is 1. The van der Waals surface area contributed by atoms with Gasteiger partial charge in [-0.1, -0.05) is 13.3 Å². The SMILES string of the molecule is CCCC1CN(CCS(C)(=O)=O)CC1NC(=O)C1CCOCC1. The lowest BCUT2D eigenvalue weighted by Crippen LogP contribution is -2.44. The van der Waals surface area contributed by atoms with Crippen molar-refractivity contribution in [2.45, 2.75) is 38.6 Å². The highest BCUT2D eigenvalue weighted by Gasteiger charge is 2.34. The number of nitrogens with zero attached hydrogens (tertiary/aromatic N) is 1. The Morgan fingerprint density at radius 2 is 1.96 bits per heavy atom. The normalized spacial score (nSPS) is 27.2. The molecule has 0 aliphatic carbocycles. The summed E-state index contributed by atoms with van der Waals surface area (Å²) in [7, 11) is -2.94. The van der Waals surface area contributed by atoms with Crippen molar-refractivity contribution in [2.75, 3.05) is 44.9 Å². The quantitative estimate of drug-likeness (QED) is 0.733. The van der Waals surface area contributed by atoms with Gasteiger partial charge < -0.3 is 10.1 Å². The van der Waals surface area contributed by atoms with Gasteiger partial charge in [-0.15, -0.1) is 0 Å². The van der Waals surface area contributed by atoms with Gasteiger partial charge in [-0.05, 0) is 25.2 Å². The first-order valence-corrected chi connectivity index (χ1v) is 10.7. The maximum Gasteiger partial charge on any atom is 0.223 e. The Hall–Kier alpha value is -0.660. The summed E-state index contributed by atoms with van der Waals surface area (Å²) in [5.41, 5.74) is 0. The summed E-state index contributed by atoms with van der Waals surface area (Å²) in [6, 6.07) is 0.143. The molecule has 2 heterocycles. The van der Waals surface area contributed by atoms with E-state index in [1.54, 1.807) is 0 Å². The van der Waals surface area contributed by atoms with Gasteiger partial charge in [-0.25, -0.2) is 8.42 Å². The minimum Gasteiger partial charge on any atom is -0.381 e. The molecule has 1 N–H and O–H groups in total. The first-order valence-electron chi connectivity index (χ1n) is 8.67. The van der Waals surface area contributed by atoms with Crippen molar-refractivity contribution < 1.29 is 17.9 Å². The summed E-state index contributed by atoms with van der Waals surface area (Å²) in [5, 5.41) is 3.23. The fourth-order valence-corrected chi connectivity index (χ4v) is 4.12. The molecular weight excluding hydrogens is 316 g/mol. The molecule has 0 aromatic heterocycles. The number of hydrogen-bond donors (Lipinski definition) is 1. The Morgan fingerprint density at radius 3 is 2.57 bits per heavy atom. The van der Waals surface area contributed by atoms with Gasteiger partial charge in [0.1, 0.15) is 9.84 Å². The molecule has 0 bridgehead atoms. The summed E-state index contributed by atoms with van der Waals surface area (Å²) in [5.74, 6) is 0.816. The third-order valence-corrected chi connectivity index (χ3v) is 5.80. The summed E-state index contributed by atoms with van der Waals surface area (Å²) in [6.45, 7) is 5.68. The number of carbonyl (C=O) groups is 1. The number of likely N-dealkylation sites (tertiary alicyclic amines) is 1. The molecule has 2 aliphatic heterocycles. The topological polar surface area (TPSA) is 75.7 Å². The molecule has 0 aromatic rings. The van der Waals surface area contributed by atoms with Gasteiger partial charge >= 0.3 is 0 Å². The van der Waals surface area contributed by atoms with Gasteiger partial charge in [0, 0.05) is 51.1 Å². The van der Waals surface area contributed by atoms with Crippen LogP contribution in [0.4, 0.5) is 0 Å². The molecule has 23 heavy (non-hydrogen) atoms. The van der Waals surface area contributed by atoms with E-state index < -0.39 is 9.84 Å². The number of nitrogens with one attached hydrogen (secondary N) is 1. The second-order valence-electron chi connectivity index (χ2n) is 6.94. The number of sulfone groups is 1. The van der Waals surface area contributed by atoms with Crippen molar-refractivity contribution in [3.8, 4) is 0 Å². The van der Waals surface area contributed by atoms with Crippen LogP contribution in [0.25, 0.3) is 0 Å². The Balaban J connectivity index is 1.88. The Bertz CT molecular complexity index is 488. The highest BCUT2D eigenvalue weighted by Crippen LogP contribution is 2.23.